The number of rotatable bonds is 22. The number of carbonyl (C=O) groups is 4. The maximum atomic E-state index is 12.3. The monoisotopic (exact) mass is 956 g/mol. The molecule has 2 atom stereocenters. The molecule has 0 fully saturated rings. The molecule has 0 saturated heterocycles. The molecule has 0 amide bonds. The Morgan fingerprint density at radius 2 is 0.913 bits per heavy atom. The van der Waals surface area contributed by atoms with Gasteiger partial charge in [-0.2, -0.15) is 0 Å². The number of hydrogen-bond donors (Lipinski definition) is 5. The van der Waals surface area contributed by atoms with Crippen LogP contribution in [0.3, 0.4) is 0 Å². The van der Waals surface area contributed by atoms with E-state index in [1.165, 1.54) is 11.1 Å². The minimum absolute atomic E-state index is 0. The van der Waals surface area contributed by atoms with Crippen LogP contribution >= 0.6 is 0 Å². The first-order chi connectivity index (χ1) is 32.1. The van der Waals surface area contributed by atoms with Crippen molar-refractivity contribution in [2.75, 3.05) is 13.1 Å². The van der Waals surface area contributed by atoms with Crippen LogP contribution in [0, 0.1) is 11.8 Å². The Bertz CT molecular complexity index is 2000. The molecular weight excluding hydrogens is 873 g/mol. The van der Waals surface area contributed by atoms with Gasteiger partial charge in [0.2, 0.25) is 0 Å². The highest BCUT2D eigenvalue weighted by atomic mass is 16.5. The summed E-state index contributed by atoms with van der Waals surface area (Å²) >= 11 is 0. The zero-order valence-corrected chi connectivity index (χ0v) is 42.4. The van der Waals surface area contributed by atoms with Crippen LogP contribution in [0.1, 0.15) is 149 Å². The quantitative estimate of drug-likeness (QED) is 0.0288. The number of esters is 2. The fourth-order valence-corrected chi connectivity index (χ4v) is 8.04. The molecule has 4 aromatic carbocycles. The largest absolute Gasteiger partial charge is 0.478 e. The van der Waals surface area contributed by atoms with E-state index in [0.717, 1.165) is 48.2 Å². The SMILES string of the molecule is C.CC(C)C(=O)Oc1ccc(CO)cc1[C@@H](CCN(C(C)C)C(C)C)c1ccccc1.CC(C)C(=O)Oc1ccc(CO)cc1[C@@H](CC[NH+](C(C)C)C(C)C)c1ccccc1.O=C(O)/C=C/C(=O)O. The molecule has 12 nitrogen and oxygen atoms in total. The summed E-state index contributed by atoms with van der Waals surface area (Å²) in [5.41, 5.74) is 5.94. The molecular formula is C57H83N2O10+. The lowest BCUT2D eigenvalue weighted by Gasteiger charge is -2.32. The van der Waals surface area contributed by atoms with Gasteiger partial charge in [-0.3, -0.25) is 14.5 Å². The number of quaternary nitrogens is 1. The number of hydrogen-bond acceptors (Lipinski definition) is 9. The molecule has 380 valence electrons. The van der Waals surface area contributed by atoms with E-state index in [4.69, 9.17) is 19.7 Å². The third kappa shape index (κ3) is 21.3. The van der Waals surface area contributed by atoms with Gasteiger partial charge in [0, 0.05) is 53.6 Å². The summed E-state index contributed by atoms with van der Waals surface area (Å²) in [6.07, 6.45) is 2.93. The Kier molecular flexibility index (Phi) is 28.0. The predicted octanol–water partition coefficient (Wildman–Crippen LogP) is 9.69. The summed E-state index contributed by atoms with van der Waals surface area (Å²) in [4.78, 5) is 47.8. The molecule has 0 unspecified atom stereocenters. The Morgan fingerprint density at radius 1 is 0.551 bits per heavy atom. The average Bonchev–Trinajstić information content (AvgIpc) is 3.29. The van der Waals surface area contributed by atoms with Crippen LogP contribution in [-0.4, -0.2) is 86.5 Å². The summed E-state index contributed by atoms with van der Waals surface area (Å²) in [7, 11) is 0. The molecule has 0 saturated carbocycles. The highest BCUT2D eigenvalue weighted by Gasteiger charge is 2.27. The molecule has 12 heteroatoms. The van der Waals surface area contributed by atoms with Gasteiger partial charge in [0.25, 0.3) is 0 Å². The van der Waals surface area contributed by atoms with E-state index in [2.05, 4.69) is 84.6 Å². The maximum Gasteiger partial charge on any atom is 0.328 e. The van der Waals surface area contributed by atoms with Crippen molar-refractivity contribution >= 4 is 23.9 Å². The van der Waals surface area contributed by atoms with E-state index < -0.39 is 11.9 Å². The van der Waals surface area contributed by atoms with Crippen molar-refractivity contribution in [1.29, 1.82) is 0 Å². The summed E-state index contributed by atoms with van der Waals surface area (Å²) < 4.78 is 11.6. The van der Waals surface area contributed by atoms with Crippen molar-refractivity contribution in [3.63, 3.8) is 0 Å². The van der Waals surface area contributed by atoms with Gasteiger partial charge in [0.15, 0.2) is 0 Å². The van der Waals surface area contributed by atoms with Crippen LogP contribution in [0.15, 0.2) is 109 Å². The molecule has 0 aromatic heterocycles. The topological polar surface area (TPSA) is 175 Å². The molecule has 0 aliphatic carbocycles. The Hall–Kier alpha value is -5.66. The third-order valence-corrected chi connectivity index (χ3v) is 11.6. The van der Waals surface area contributed by atoms with Gasteiger partial charge in [-0.05, 0) is 115 Å². The zero-order valence-electron chi connectivity index (χ0n) is 42.4. The van der Waals surface area contributed by atoms with Gasteiger partial charge in [-0.25, -0.2) is 9.59 Å². The van der Waals surface area contributed by atoms with Crippen LogP contribution in [0.2, 0.25) is 0 Å². The summed E-state index contributed by atoms with van der Waals surface area (Å²) in [5, 5.41) is 35.1. The van der Waals surface area contributed by atoms with E-state index in [1.807, 2.05) is 100 Å². The third-order valence-electron chi connectivity index (χ3n) is 11.6. The van der Waals surface area contributed by atoms with E-state index in [-0.39, 0.29) is 56.3 Å². The standard InChI is InChI=1S/2C26H37NO3.C4H4O4.CH4/c2*1-18(2)26(29)30-25-13-12-21(17-28)16-24(25)23(22-10-8-7-9-11-22)14-15-27(19(3)4)20(5)6;5-3(6)1-2-4(7)8;/h2*7-13,16,18-20,23,28H,14-15,17H2,1-6H3;1-2H,(H,5,6)(H,7,8);1H4/p+1/b;;2-1+;/t2*23-;;/m00../s1. The Balaban J connectivity index is 0.000000588. The highest BCUT2D eigenvalue weighted by Crippen LogP contribution is 2.37. The number of nitrogens with zero attached hydrogens (tertiary/aromatic N) is 1. The number of benzene rings is 4. The van der Waals surface area contributed by atoms with Gasteiger partial charge in [0.1, 0.15) is 11.5 Å². The first-order valence-electron chi connectivity index (χ1n) is 23.9. The number of carbonyl (C=O) groups excluding carboxylic acids is 2. The maximum absolute atomic E-state index is 12.3. The number of aliphatic carboxylic acids is 2. The number of nitrogens with one attached hydrogen (secondary N) is 1. The first-order valence-corrected chi connectivity index (χ1v) is 23.9. The second-order valence-corrected chi connectivity index (χ2v) is 18.8. The normalized spacial score (nSPS) is 12.2. The van der Waals surface area contributed by atoms with E-state index in [1.54, 1.807) is 4.90 Å². The molecule has 0 spiro atoms. The van der Waals surface area contributed by atoms with Crippen LogP contribution in [0.25, 0.3) is 0 Å². The van der Waals surface area contributed by atoms with Crippen molar-refractivity contribution in [2.45, 2.75) is 153 Å². The predicted molar refractivity (Wildman–Crippen MR) is 276 cm³/mol. The van der Waals surface area contributed by atoms with E-state index >= 15 is 0 Å². The molecule has 69 heavy (non-hydrogen) atoms. The van der Waals surface area contributed by atoms with Gasteiger partial charge in [-0.1, -0.05) is 108 Å². The fourth-order valence-electron chi connectivity index (χ4n) is 8.04. The average molecular weight is 956 g/mol. The lowest BCUT2D eigenvalue weighted by Crippen LogP contribution is -3.17. The Morgan fingerprint density at radius 3 is 1.22 bits per heavy atom. The highest BCUT2D eigenvalue weighted by molar-refractivity contribution is 5.89. The minimum atomic E-state index is -1.26. The van der Waals surface area contributed by atoms with Crippen LogP contribution in [0.5, 0.6) is 11.5 Å². The molecule has 0 radical (unpaired) electrons. The first kappa shape index (κ1) is 61.4. The summed E-state index contributed by atoms with van der Waals surface area (Å²) in [6, 6.07) is 34.0. The zero-order chi connectivity index (χ0) is 51.1. The number of aliphatic hydroxyl groups excluding tert-OH is 2. The van der Waals surface area contributed by atoms with Gasteiger partial charge in [0.05, 0.1) is 43.7 Å². The van der Waals surface area contributed by atoms with Crippen molar-refractivity contribution in [3.8, 4) is 11.5 Å². The molecule has 0 aliphatic heterocycles. The van der Waals surface area contributed by atoms with Crippen LogP contribution in [0.4, 0.5) is 0 Å². The van der Waals surface area contributed by atoms with Gasteiger partial charge >= 0.3 is 23.9 Å². The van der Waals surface area contributed by atoms with Crippen LogP contribution in [-0.2, 0) is 32.4 Å². The van der Waals surface area contributed by atoms with E-state index in [0.29, 0.717) is 47.8 Å². The van der Waals surface area contributed by atoms with Crippen molar-refractivity contribution < 1.29 is 54.0 Å². The van der Waals surface area contributed by atoms with Gasteiger partial charge < -0.3 is 34.8 Å². The number of aliphatic hydroxyl groups is 2. The molecule has 4 aromatic rings. The lowest BCUT2D eigenvalue weighted by atomic mass is 9.86. The second-order valence-electron chi connectivity index (χ2n) is 18.8. The van der Waals surface area contributed by atoms with Crippen molar-refractivity contribution in [2.24, 2.45) is 11.8 Å². The number of carboxylic acid groups (broad SMARTS) is 2. The molecule has 0 bridgehead atoms. The summed E-state index contributed by atoms with van der Waals surface area (Å²) in [6.45, 7) is 27.1. The van der Waals surface area contributed by atoms with Crippen molar-refractivity contribution in [3.05, 3.63) is 143 Å². The van der Waals surface area contributed by atoms with Crippen molar-refractivity contribution in [1.82, 2.24) is 4.90 Å². The van der Waals surface area contributed by atoms with Gasteiger partial charge in [-0.15, -0.1) is 0 Å². The Labute approximate surface area is 413 Å². The second kappa shape index (κ2) is 31.5. The molecule has 5 N–H and O–H groups in total. The molecule has 4 rings (SSSR count). The lowest BCUT2D eigenvalue weighted by molar-refractivity contribution is -0.942. The fraction of sp³-hybridized carbons (Fsp3) is 0.474. The molecule has 0 heterocycles. The van der Waals surface area contributed by atoms with Crippen LogP contribution < -0.4 is 14.4 Å². The smallest absolute Gasteiger partial charge is 0.328 e. The minimum Gasteiger partial charge on any atom is -0.478 e. The summed E-state index contributed by atoms with van der Waals surface area (Å²) in [5.74, 6) is -2.08. The van der Waals surface area contributed by atoms with E-state index in [9.17, 15) is 29.4 Å². The number of ether oxygens (including phenoxy) is 2. The number of carboxylic acids is 2. The molecule has 0 aliphatic rings.